The first-order chi connectivity index (χ1) is 24.4. The van der Waals surface area contributed by atoms with E-state index in [0.717, 1.165) is 59.6 Å². The number of aromatic hydroxyl groups is 1. The van der Waals surface area contributed by atoms with E-state index in [0.29, 0.717) is 29.3 Å². The third-order valence-corrected chi connectivity index (χ3v) is 9.52. The minimum Gasteiger partial charge on any atom is -0.507 e. The fourth-order valence-electron chi connectivity index (χ4n) is 7.02. The van der Waals surface area contributed by atoms with Crippen LogP contribution in [-0.2, 0) is 6.54 Å². The standard InChI is InChI=1S/C39H39N7O2.C2H6/c1-4-8-26(5-2)33-17-18-34-38(42-33)46(37(43-34)32-9-7-20-41-36(32)40)29-13-10-25(11-14-29)22-44-23-31-16-15-30(44)24-45(31)39(48)28-12-19-35(47)27(6-3)21-28;1-2/h4-14,17-21,30-31,47H,3,15-16,22-24H2,1-2H3,(H2,40,41);1-2H3/b8-4-,26-5+;/t30-,31?;/m0./s1. The van der Waals surface area contributed by atoms with E-state index in [4.69, 9.17) is 15.7 Å². The summed E-state index contributed by atoms with van der Waals surface area (Å²) >= 11 is 0. The molecule has 3 aliphatic rings. The second-order valence-corrected chi connectivity index (χ2v) is 12.4. The van der Waals surface area contributed by atoms with Crippen LogP contribution in [0.3, 0.4) is 0 Å². The molecule has 9 nitrogen and oxygen atoms in total. The number of rotatable bonds is 8. The van der Waals surface area contributed by atoms with E-state index < -0.39 is 0 Å². The summed E-state index contributed by atoms with van der Waals surface area (Å²) in [5.41, 5.74) is 13.8. The quantitative estimate of drug-likeness (QED) is 0.162. The third kappa shape index (κ3) is 6.56. The highest BCUT2D eigenvalue weighted by atomic mass is 16.3. The molecule has 3 aromatic heterocycles. The molecule has 9 heteroatoms. The molecule has 0 spiro atoms. The van der Waals surface area contributed by atoms with Crippen molar-refractivity contribution in [2.45, 2.75) is 59.2 Å². The molecule has 256 valence electrons. The largest absolute Gasteiger partial charge is 0.507 e. The van der Waals surface area contributed by atoms with Crippen LogP contribution in [0.25, 0.3) is 39.9 Å². The lowest BCUT2D eigenvalue weighted by Crippen LogP contribution is -2.63. The molecule has 0 radical (unpaired) electrons. The molecule has 1 unspecified atom stereocenters. The predicted molar refractivity (Wildman–Crippen MR) is 203 cm³/mol. The maximum atomic E-state index is 13.5. The van der Waals surface area contributed by atoms with Crippen LogP contribution in [-0.4, -0.2) is 65.5 Å². The Morgan fingerprint density at radius 3 is 2.46 bits per heavy atom. The number of carbonyl (C=O) groups is 1. The van der Waals surface area contributed by atoms with Gasteiger partial charge in [-0.15, -0.1) is 0 Å². The summed E-state index contributed by atoms with van der Waals surface area (Å²) in [6.07, 6.45) is 11.4. The highest BCUT2D eigenvalue weighted by Gasteiger charge is 2.41. The van der Waals surface area contributed by atoms with E-state index in [1.54, 1.807) is 30.5 Å². The van der Waals surface area contributed by atoms with Crippen LogP contribution >= 0.6 is 0 Å². The number of aromatic nitrogens is 4. The van der Waals surface area contributed by atoms with Crippen LogP contribution in [0, 0.1) is 0 Å². The Morgan fingerprint density at radius 2 is 1.78 bits per heavy atom. The number of nitrogen functional groups attached to an aromatic ring is 1. The van der Waals surface area contributed by atoms with Crippen molar-refractivity contribution >= 4 is 34.5 Å². The van der Waals surface area contributed by atoms with Gasteiger partial charge in [-0.2, -0.15) is 0 Å². The Kier molecular flexibility index (Phi) is 10.2. The van der Waals surface area contributed by atoms with Gasteiger partial charge in [-0.3, -0.25) is 14.3 Å². The molecule has 3 aliphatic heterocycles. The smallest absolute Gasteiger partial charge is 0.254 e. The number of pyridine rings is 2. The minimum absolute atomic E-state index is 0.0125. The topological polar surface area (TPSA) is 113 Å². The molecule has 2 atom stereocenters. The normalized spacial score (nSPS) is 17.6. The second-order valence-electron chi connectivity index (χ2n) is 12.4. The van der Waals surface area contributed by atoms with Crippen molar-refractivity contribution in [3.63, 3.8) is 0 Å². The highest BCUT2D eigenvalue weighted by Crippen LogP contribution is 2.34. The molecule has 0 saturated carbocycles. The number of piperidine rings is 2. The van der Waals surface area contributed by atoms with Crippen molar-refractivity contribution in [3.05, 3.63) is 120 Å². The number of amides is 1. The first kappa shape index (κ1) is 34.3. The second kappa shape index (κ2) is 14.9. The summed E-state index contributed by atoms with van der Waals surface area (Å²) in [4.78, 5) is 32.4. The number of allylic oxidation sites excluding steroid dienone is 4. The molecule has 0 aliphatic carbocycles. The van der Waals surface area contributed by atoms with Crippen LogP contribution in [0.2, 0.25) is 0 Å². The number of piperazine rings is 1. The molecular weight excluding hydrogens is 622 g/mol. The monoisotopic (exact) mass is 667 g/mol. The van der Waals surface area contributed by atoms with Gasteiger partial charge in [-0.05, 0) is 92.4 Å². The van der Waals surface area contributed by atoms with Crippen LogP contribution < -0.4 is 5.73 Å². The lowest BCUT2D eigenvalue weighted by atomic mass is 9.89. The van der Waals surface area contributed by atoms with Gasteiger partial charge in [0.05, 0.1) is 11.3 Å². The Labute approximate surface area is 294 Å². The van der Waals surface area contributed by atoms with Gasteiger partial charge in [0.15, 0.2) is 11.5 Å². The molecule has 8 rings (SSSR count). The molecule has 2 bridgehead atoms. The summed E-state index contributed by atoms with van der Waals surface area (Å²) in [5.74, 6) is 1.24. The first-order valence-electron chi connectivity index (χ1n) is 17.4. The zero-order chi connectivity index (χ0) is 35.4. The molecule has 2 aromatic carbocycles. The van der Waals surface area contributed by atoms with E-state index in [-0.39, 0.29) is 23.7 Å². The number of phenols is 1. The average molecular weight is 668 g/mol. The number of nitrogens with zero attached hydrogens (tertiary/aromatic N) is 6. The molecule has 50 heavy (non-hydrogen) atoms. The fraction of sp³-hybridized carbons (Fsp3) is 0.268. The molecule has 1 amide bonds. The zero-order valence-corrected chi connectivity index (χ0v) is 29.3. The Balaban J connectivity index is 0.00000212. The fourth-order valence-corrected chi connectivity index (χ4v) is 7.02. The van der Waals surface area contributed by atoms with Gasteiger partial charge in [-0.25, -0.2) is 15.0 Å². The number of benzene rings is 2. The first-order valence-corrected chi connectivity index (χ1v) is 17.4. The minimum atomic E-state index is 0.0125. The lowest BCUT2D eigenvalue weighted by molar-refractivity contribution is -0.0154. The van der Waals surface area contributed by atoms with Gasteiger partial charge in [0.1, 0.15) is 17.1 Å². The molecule has 3 N–H and O–H groups in total. The summed E-state index contributed by atoms with van der Waals surface area (Å²) < 4.78 is 2.06. The van der Waals surface area contributed by atoms with Crippen LogP contribution in [0.4, 0.5) is 5.82 Å². The van der Waals surface area contributed by atoms with Crippen molar-refractivity contribution in [2.75, 3.05) is 18.8 Å². The number of anilines is 1. The van der Waals surface area contributed by atoms with Gasteiger partial charge in [0.25, 0.3) is 5.91 Å². The van der Waals surface area contributed by atoms with Crippen LogP contribution in [0.1, 0.15) is 67.7 Å². The van der Waals surface area contributed by atoms with E-state index >= 15 is 0 Å². The Morgan fingerprint density at radius 1 is 1.00 bits per heavy atom. The van der Waals surface area contributed by atoms with Crippen LogP contribution in [0.5, 0.6) is 5.75 Å². The van der Waals surface area contributed by atoms with Gasteiger partial charge in [0.2, 0.25) is 0 Å². The number of imidazole rings is 1. The van der Waals surface area contributed by atoms with E-state index in [9.17, 15) is 9.90 Å². The van der Waals surface area contributed by atoms with Gasteiger partial charge >= 0.3 is 0 Å². The van der Waals surface area contributed by atoms with Crippen LogP contribution in [0.15, 0.2) is 97.7 Å². The summed E-state index contributed by atoms with van der Waals surface area (Å²) in [6.45, 7) is 14.1. The molecule has 3 saturated heterocycles. The average Bonchev–Trinajstić information content (AvgIpc) is 3.54. The summed E-state index contributed by atoms with van der Waals surface area (Å²) in [6, 6.07) is 21.8. The number of phenolic OH excluding ortho intramolecular Hbond substituents is 1. The maximum Gasteiger partial charge on any atom is 0.254 e. The van der Waals surface area contributed by atoms with E-state index in [1.807, 2.05) is 62.9 Å². The van der Waals surface area contributed by atoms with Crippen molar-refractivity contribution < 1.29 is 9.90 Å². The molecule has 6 heterocycles. The Hall–Kier alpha value is -5.54. The van der Waals surface area contributed by atoms with Crippen molar-refractivity contribution in [3.8, 4) is 22.8 Å². The number of nitrogens with two attached hydrogens (primary N) is 1. The van der Waals surface area contributed by atoms with Crippen molar-refractivity contribution in [1.82, 2.24) is 29.3 Å². The lowest BCUT2D eigenvalue weighted by Gasteiger charge is -2.51. The SMILES string of the molecule is C=Cc1cc(C(=O)N2C[C@@H]3CCC2CN3Cc2ccc(-n3c(-c4cccnc4N)nc4ccc(C(/C=C\C)=C/C)nc43)cc2)ccc1O.CC. The van der Waals surface area contributed by atoms with E-state index in [2.05, 4.69) is 57.4 Å². The summed E-state index contributed by atoms with van der Waals surface area (Å²) in [7, 11) is 0. The number of fused-ring (bicyclic) bond motifs is 4. The molecular formula is C41H45N7O2. The third-order valence-electron chi connectivity index (χ3n) is 9.52. The van der Waals surface area contributed by atoms with E-state index in [1.165, 1.54) is 5.56 Å². The summed E-state index contributed by atoms with van der Waals surface area (Å²) in [5, 5.41) is 10.0. The van der Waals surface area contributed by atoms with Gasteiger partial charge < -0.3 is 15.7 Å². The zero-order valence-electron chi connectivity index (χ0n) is 29.3. The number of carbonyl (C=O) groups excluding carboxylic acids is 1. The number of hydrogen-bond donors (Lipinski definition) is 2. The maximum absolute atomic E-state index is 13.5. The predicted octanol–water partition coefficient (Wildman–Crippen LogP) is 7.91. The highest BCUT2D eigenvalue weighted by molar-refractivity contribution is 5.95. The van der Waals surface area contributed by atoms with Gasteiger partial charge in [0, 0.05) is 54.7 Å². The van der Waals surface area contributed by atoms with Crippen molar-refractivity contribution in [1.29, 1.82) is 0 Å². The Bertz CT molecular complexity index is 2080. The number of hydrogen-bond acceptors (Lipinski definition) is 7. The van der Waals surface area contributed by atoms with Crippen molar-refractivity contribution in [2.24, 2.45) is 0 Å². The molecule has 3 fully saturated rings. The molecule has 5 aromatic rings. The van der Waals surface area contributed by atoms with Gasteiger partial charge in [-0.1, -0.05) is 56.9 Å².